The summed E-state index contributed by atoms with van der Waals surface area (Å²) in [7, 11) is 1.79. The molecule has 122 valence electrons. The third-order valence-electron chi connectivity index (χ3n) is 4.14. The van der Waals surface area contributed by atoms with Gasteiger partial charge in [0.2, 0.25) is 0 Å². The molecule has 6 heteroatoms. The Kier molecular flexibility index (Phi) is 4.61. The molecule has 4 nitrogen and oxygen atoms in total. The first kappa shape index (κ1) is 15.9. The molecule has 1 aromatic heterocycles. The molecule has 1 saturated carbocycles. The highest BCUT2D eigenvalue weighted by atomic mass is 32.1. The van der Waals surface area contributed by atoms with E-state index in [1.165, 1.54) is 6.07 Å². The number of halogens is 1. The van der Waals surface area contributed by atoms with Crippen molar-refractivity contribution in [1.82, 2.24) is 15.2 Å². The Morgan fingerprint density at radius 3 is 3.09 bits per heavy atom. The number of benzene rings is 1. The van der Waals surface area contributed by atoms with Gasteiger partial charge in [-0.2, -0.15) is 0 Å². The average Bonchev–Trinajstić information content (AvgIpc) is 3.07. The van der Waals surface area contributed by atoms with Gasteiger partial charge in [-0.3, -0.25) is 0 Å². The van der Waals surface area contributed by atoms with E-state index in [9.17, 15) is 9.18 Å². The molecular weight excluding hydrogens is 313 g/mol. The van der Waals surface area contributed by atoms with Crippen LogP contribution in [0.2, 0.25) is 0 Å². The first-order chi connectivity index (χ1) is 11.0. The number of aromatic nitrogens is 1. The van der Waals surface area contributed by atoms with Crippen molar-refractivity contribution in [2.24, 2.45) is 0 Å². The molecule has 1 aliphatic rings. The lowest BCUT2D eigenvalue weighted by molar-refractivity contribution is 0.206. The molecule has 0 unspecified atom stereocenters. The maximum atomic E-state index is 13.3. The Bertz CT molecular complexity index is 676. The van der Waals surface area contributed by atoms with E-state index < -0.39 is 0 Å². The zero-order valence-corrected chi connectivity index (χ0v) is 14.0. The molecule has 0 bridgehead atoms. The molecule has 3 rings (SSSR count). The summed E-state index contributed by atoms with van der Waals surface area (Å²) in [5.74, 6) is 0.206. The maximum absolute atomic E-state index is 13.3. The van der Waals surface area contributed by atoms with Gasteiger partial charge < -0.3 is 10.2 Å². The number of rotatable bonds is 5. The van der Waals surface area contributed by atoms with Gasteiger partial charge in [0.15, 0.2) is 0 Å². The highest BCUT2D eigenvalue weighted by Gasteiger charge is 2.40. The van der Waals surface area contributed by atoms with Crippen molar-refractivity contribution in [3.05, 3.63) is 52.2 Å². The quantitative estimate of drug-likeness (QED) is 0.909. The standard InChI is InChI=1S/C17H20FN3OS/c1-11(16-19-6-7-23-16)10-21(2)17(22)20-15-9-14(15)12-4-3-5-13(18)8-12/h3-8,11,14-15H,9-10H2,1-2H3,(H,20,22)/t11-,14+,15+/m1/s1. The summed E-state index contributed by atoms with van der Waals surface area (Å²) < 4.78 is 13.3. The number of urea groups is 1. The van der Waals surface area contributed by atoms with Crippen molar-refractivity contribution in [3.8, 4) is 0 Å². The number of likely N-dealkylation sites (N-methyl/N-ethyl adjacent to an activating group) is 1. The van der Waals surface area contributed by atoms with Crippen LogP contribution in [0.3, 0.4) is 0 Å². The number of carbonyl (C=O) groups excluding carboxylic acids is 1. The van der Waals surface area contributed by atoms with E-state index in [1.54, 1.807) is 41.6 Å². The molecule has 1 fully saturated rings. The van der Waals surface area contributed by atoms with Crippen molar-refractivity contribution < 1.29 is 9.18 Å². The fourth-order valence-corrected chi connectivity index (χ4v) is 3.47. The molecule has 0 aliphatic heterocycles. The molecule has 0 spiro atoms. The number of thiazole rings is 1. The fraction of sp³-hybridized carbons (Fsp3) is 0.412. The van der Waals surface area contributed by atoms with E-state index in [2.05, 4.69) is 17.2 Å². The van der Waals surface area contributed by atoms with Crippen molar-refractivity contribution in [2.45, 2.75) is 31.2 Å². The lowest BCUT2D eigenvalue weighted by Crippen LogP contribution is -2.40. The molecule has 0 saturated heterocycles. The smallest absolute Gasteiger partial charge is 0.317 e. The molecular formula is C17H20FN3OS. The van der Waals surface area contributed by atoms with E-state index in [-0.39, 0.29) is 29.7 Å². The Hall–Kier alpha value is -1.95. The predicted octanol–water partition coefficient (Wildman–Crippen LogP) is 3.58. The van der Waals surface area contributed by atoms with Crippen LogP contribution >= 0.6 is 11.3 Å². The SMILES string of the molecule is C[C@H](CN(C)C(=O)N[C@H]1C[C@H]1c1cccc(F)c1)c1nccs1. The number of hydrogen-bond acceptors (Lipinski definition) is 3. The number of amides is 2. The van der Waals surface area contributed by atoms with Gasteiger partial charge in [0.05, 0.1) is 5.01 Å². The summed E-state index contributed by atoms with van der Waals surface area (Å²) in [6.45, 7) is 2.69. The minimum absolute atomic E-state index is 0.0858. The number of hydrogen-bond donors (Lipinski definition) is 1. The van der Waals surface area contributed by atoms with Crippen molar-refractivity contribution in [2.75, 3.05) is 13.6 Å². The lowest BCUT2D eigenvalue weighted by atomic mass is 10.1. The zero-order chi connectivity index (χ0) is 16.4. The monoisotopic (exact) mass is 333 g/mol. The Morgan fingerprint density at radius 2 is 2.39 bits per heavy atom. The zero-order valence-electron chi connectivity index (χ0n) is 13.2. The van der Waals surface area contributed by atoms with Crippen LogP contribution in [0.15, 0.2) is 35.8 Å². The molecule has 0 radical (unpaired) electrons. The third-order valence-corrected chi connectivity index (χ3v) is 5.15. The second-order valence-corrected chi connectivity index (χ2v) is 7.03. The number of carbonyl (C=O) groups is 1. The predicted molar refractivity (Wildman–Crippen MR) is 89.2 cm³/mol. The van der Waals surface area contributed by atoms with Crippen LogP contribution in [0.25, 0.3) is 0 Å². The largest absolute Gasteiger partial charge is 0.335 e. The van der Waals surface area contributed by atoms with Gasteiger partial charge in [-0.1, -0.05) is 19.1 Å². The average molecular weight is 333 g/mol. The Balaban J connectivity index is 1.50. The van der Waals surface area contributed by atoms with Crippen molar-refractivity contribution in [3.63, 3.8) is 0 Å². The molecule has 2 aromatic rings. The minimum atomic E-state index is -0.228. The summed E-state index contributed by atoms with van der Waals surface area (Å²) >= 11 is 1.60. The number of nitrogens with one attached hydrogen (secondary N) is 1. The normalized spacial score (nSPS) is 20.8. The van der Waals surface area contributed by atoms with E-state index in [4.69, 9.17) is 0 Å². The van der Waals surface area contributed by atoms with E-state index in [0.717, 1.165) is 17.0 Å². The molecule has 1 heterocycles. The highest BCUT2D eigenvalue weighted by molar-refractivity contribution is 7.09. The maximum Gasteiger partial charge on any atom is 0.317 e. The first-order valence-corrected chi connectivity index (χ1v) is 8.59. The summed E-state index contributed by atoms with van der Waals surface area (Å²) in [5, 5.41) is 6.00. The third kappa shape index (κ3) is 3.88. The van der Waals surface area contributed by atoms with Crippen LogP contribution < -0.4 is 5.32 Å². The van der Waals surface area contributed by atoms with Crippen LogP contribution in [0, 0.1) is 5.82 Å². The topological polar surface area (TPSA) is 45.2 Å². The summed E-state index contributed by atoms with van der Waals surface area (Å²) in [4.78, 5) is 18.2. The molecule has 1 N–H and O–H groups in total. The van der Waals surface area contributed by atoms with Gasteiger partial charge >= 0.3 is 6.03 Å². The van der Waals surface area contributed by atoms with E-state index in [0.29, 0.717) is 6.54 Å². The number of nitrogens with zero attached hydrogens (tertiary/aromatic N) is 2. The van der Waals surface area contributed by atoms with Gasteiger partial charge in [-0.15, -0.1) is 11.3 Å². The highest BCUT2D eigenvalue weighted by Crippen LogP contribution is 2.41. The van der Waals surface area contributed by atoms with Gasteiger partial charge in [0.1, 0.15) is 5.82 Å². The van der Waals surface area contributed by atoms with Gasteiger partial charge in [-0.25, -0.2) is 14.2 Å². The molecule has 1 aliphatic carbocycles. The van der Waals surface area contributed by atoms with Gasteiger partial charge in [0, 0.05) is 43.0 Å². The summed E-state index contributed by atoms with van der Waals surface area (Å²) in [6, 6.07) is 6.62. The molecule has 1 aromatic carbocycles. The van der Waals surface area contributed by atoms with Gasteiger partial charge in [-0.05, 0) is 24.1 Å². The van der Waals surface area contributed by atoms with Crippen LogP contribution in [0.1, 0.15) is 35.8 Å². The minimum Gasteiger partial charge on any atom is -0.335 e. The molecule has 2 amide bonds. The Morgan fingerprint density at radius 1 is 1.57 bits per heavy atom. The van der Waals surface area contributed by atoms with Crippen LogP contribution in [0.4, 0.5) is 9.18 Å². The lowest BCUT2D eigenvalue weighted by Gasteiger charge is -2.21. The van der Waals surface area contributed by atoms with Crippen LogP contribution in [-0.2, 0) is 0 Å². The van der Waals surface area contributed by atoms with Crippen molar-refractivity contribution >= 4 is 17.4 Å². The second-order valence-electron chi connectivity index (χ2n) is 6.11. The Labute approximate surface area is 139 Å². The van der Waals surface area contributed by atoms with Gasteiger partial charge in [0.25, 0.3) is 0 Å². The van der Waals surface area contributed by atoms with Crippen LogP contribution in [0.5, 0.6) is 0 Å². The fourth-order valence-electron chi connectivity index (χ4n) is 2.78. The second kappa shape index (κ2) is 6.66. The molecule has 3 atom stereocenters. The van der Waals surface area contributed by atoms with Crippen LogP contribution in [-0.4, -0.2) is 35.5 Å². The van der Waals surface area contributed by atoms with E-state index >= 15 is 0 Å². The van der Waals surface area contributed by atoms with E-state index in [1.807, 2.05) is 11.4 Å². The molecule has 23 heavy (non-hydrogen) atoms. The first-order valence-electron chi connectivity index (χ1n) is 7.71. The summed E-state index contributed by atoms with van der Waals surface area (Å²) in [5.41, 5.74) is 0.953. The van der Waals surface area contributed by atoms with Crippen molar-refractivity contribution in [1.29, 1.82) is 0 Å². The summed E-state index contributed by atoms with van der Waals surface area (Å²) in [6.07, 6.45) is 2.65.